The Hall–Kier alpha value is -3.31. The number of carbonyl (C=O) groups is 1. The van der Waals surface area contributed by atoms with Crippen molar-refractivity contribution in [1.29, 1.82) is 0 Å². The Morgan fingerprint density at radius 3 is 2.76 bits per heavy atom. The first kappa shape index (κ1) is 23.8. The summed E-state index contributed by atoms with van der Waals surface area (Å²) in [4.78, 5) is 21.0. The molecule has 0 spiro atoms. The number of halogens is 1. The van der Waals surface area contributed by atoms with E-state index in [0.717, 1.165) is 43.6 Å². The van der Waals surface area contributed by atoms with Gasteiger partial charge in [-0.1, -0.05) is 12.1 Å². The van der Waals surface area contributed by atoms with Crippen LogP contribution in [0.2, 0.25) is 0 Å². The zero-order chi connectivity index (χ0) is 24.1. The van der Waals surface area contributed by atoms with E-state index in [2.05, 4.69) is 25.9 Å². The summed E-state index contributed by atoms with van der Waals surface area (Å²) >= 11 is 0. The molecule has 4 rings (SSSR count). The van der Waals surface area contributed by atoms with Crippen molar-refractivity contribution >= 4 is 38.3 Å². The number of amides is 1. The van der Waals surface area contributed by atoms with Crippen molar-refractivity contribution in [2.45, 2.75) is 18.9 Å². The summed E-state index contributed by atoms with van der Waals surface area (Å²) in [6.07, 6.45) is 4.68. The van der Waals surface area contributed by atoms with E-state index in [4.69, 9.17) is 4.74 Å². The van der Waals surface area contributed by atoms with Gasteiger partial charge in [-0.05, 0) is 50.2 Å². The van der Waals surface area contributed by atoms with E-state index >= 15 is 0 Å². The van der Waals surface area contributed by atoms with Crippen LogP contribution in [0.3, 0.4) is 0 Å². The Kier molecular flexibility index (Phi) is 7.23. The fourth-order valence-corrected chi connectivity index (χ4v) is 4.10. The van der Waals surface area contributed by atoms with Crippen LogP contribution in [0.25, 0.3) is 10.9 Å². The number of hydrogen-bond acceptors (Lipinski definition) is 8. The molecule has 1 aliphatic rings. The maximum absolute atomic E-state index is 14.6. The molecule has 0 saturated carbocycles. The van der Waals surface area contributed by atoms with Gasteiger partial charge in [0.25, 0.3) is 5.91 Å². The van der Waals surface area contributed by atoms with E-state index < -0.39 is 21.6 Å². The highest BCUT2D eigenvalue weighted by Crippen LogP contribution is 2.27. The van der Waals surface area contributed by atoms with Gasteiger partial charge in [0.15, 0.2) is 0 Å². The van der Waals surface area contributed by atoms with Crippen LogP contribution in [0.4, 0.5) is 16.0 Å². The van der Waals surface area contributed by atoms with Gasteiger partial charge in [-0.15, -0.1) is 0 Å². The van der Waals surface area contributed by atoms with Crippen molar-refractivity contribution in [3.8, 4) is 5.75 Å². The molecule has 2 heterocycles. The highest BCUT2D eigenvalue weighted by molar-refractivity contribution is 7.90. The number of piperidine rings is 1. The number of benzene rings is 2. The highest BCUT2D eigenvalue weighted by atomic mass is 32.2. The standard InChI is InChI=1S/C23H26FN5O4S/c1-34(31,32)12-11-26-22(30)18-6-5-16(13-19(18)24)28-23-27-14-15-3-2-4-20(21(15)29-23)33-17-7-9-25-10-8-17/h2-6,13-14,17,25H,7-12H2,1H3,(H,26,30)(H,27,28,29). The highest BCUT2D eigenvalue weighted by Gasteiger charge is 2.17. The Balaban J connectivity index is 1.48. The van der Waals surface area contributed by atoms with Crippen LogP contribution in [0.15, 0.2) is 42.6 Å². The van der Waals surface area contributed by atoms with Gasteiger partial charge >= 0.3 is 0 Å². The van der Waals surface area contributed by atoms with Gasteiger partial charge in [0.1, 0.15) is 33.0 Å². The monoisotopic (exact) mass is 487 g/mol. The van der Waals surface area contributed by atoms with Crippen LogP contribution in [0.5, 0.6) is 5.75 Å². The molecule has 0 radical (unpaired) electrons. The van der Waals surface area contributed by atoms with E-state index in [1.807, 2.05) is 18.2 Å². The molecule has 3 aromatic rings. The summed E-state index contributed by atoms with van der Waals surface area (Å²) in [6, 6.07) is 9.67. The summed E-state index contributed by atoms with van der Waals surface area (Å²) in [7, 11) is -3.22. The van der Waals surface area contributed by atoms with Crippen molar-refractivity contribution in [3.05, 3.63) is 54.0 Å². The second kappa shape index (κ2) is 10.3. The summed E-state index contributed by atoms with van der Waals surface area (Å²) in [5.74, 6) is -0.726. The van der Waals surface area contributed by atoms with E-state index in [1.165, 1.54) is 12.1 Å². The molecular weight excluding hydrogens is 461 g/mol. The van der Waals surface area contributed by atoms with Gasteiger partial charge in [-0.25, -0.2) is 22.8 Å². The number of nitrogens with zero attached hydrogens (tertiary/aromatic N) is 2. The first-order chi connectivity index (χ1) is 16.3. The van der Waals surface area contributed by atoms with E-state index in [9.17, 15) is 17.6 Å². The fraction of sp³-hybridized carbons (Fsp3) is 0.348. The second-order valence-electron chi connectivity index (χ2n) is 8.16. The smallest absolute Gasteiger partial charge is 0.254 e. The van der Waals surface area contributed by atoms with Crippen LogP contribution in [0, 0.1) is 5.82 Å². The number of ether oxygens (including phenoxy) is 1. The number of aromatic nitrogens is 2. The van der Waals surface area contributed by atoms with Crippen molar-refractivity contribution in [1.82, 2.24) is 20.6 Å². The number of sulfone groups is 1. The number of fused-ring (bicyclic) bond motifs is 1. The van der Waals surface area contributed by atoms with E-state index in [1.54, 1.807) is 6.20 Å². The van der Waals surface area contributed by atoms with Crippen LogP contribution >= 0.6 is 0 Å². The first-order valence-electron chi connectivity index (χ1n) is 10.9. The Labute approximate surface area is 197 Å². The SMILES string of the molecule is CS(=O)(=O)CCNC(=O)c1ccc(Nc2ncc3cccc(OC4CCNCC4)c3n2)cc1F. The summed E-state index contributed by atoms with van der Waals surface area (Å²) < 4.78 is 43.1. The lowest BCUT2D eigenvalue weighted by Crippen LogP contribution is -2.34. The minimum absolute atomic E-state index is 0.0934. The van der Waals surface area contributed by atoms with Gasteiger partial charge in [-0.2, -0.15) is 0 Å². The summed E-state index contributed by atoms with van der Waals surface area (Å²) in [6.45, 7) is 1.73. The Morgan fingerprint density at radius 1 is 1.24 bits per heavy atom. The lowest BCUT2D eigenvalue weighted by molar-refractivity contribution is 0.0952. The number of hydrogen-bond donors (Lipinski definition) is 3. The minimum atomic E-state index is -3.22. The lowest BCUT2D eigenvalue weighted by Gasteiger charge is -2.24. The zero-order valence-electron chi connectivity index (χ0n) is 18.7. The van der Waals surface area contributed by atoms with Crippen LogP contribution < -0.4 is 20.7 Å². The van der Waals surface area contributed by atoms with Crippen molar-refractivity contribution < 1.29 is 22.3 Å². The van der Waals surface area contributed by atoms with Crippen LogP contribution in [0.1, 0.15) is 23.2 Å². The number of anilines is 2. The third-order valence-electron chi connectivity index (χ3n) is 5.38. The Morgan fingerprint density at radius 2 is 2.03 bits per heavy atom. The molecular formula is C23H26FN5O4S. The third-order valence-corrected chi connectivity index (χ3v) is 6.33. The fourth-order valence-electron chi connectivity index (χ4n) is 3.63. The van der Waals surface area contributed by atoms with Gasteiger partial charge < -0.3 is 20.7 Å². The average molecular weight is 488 g/mol. The molecule has 1 aliphatic heterocycles. The second-order valence-corrected chi connectivity index (χ2v) is 10.4. The topological polar surface area (TPSA) is 122 Å². The van der Waals surface area contributed by atoms with E-state index in [0.29, 0.717) is 17.0 Å². The third kappa shape index (κ3) is 6.17. The first-order valence-corrected chi connectivity index (χ1v) is 13.0. The molecule has 2 aromatic carbocycles. The molecule has 1 amide bonds. The average Bonchev–Trinajstić information content (AvgIpc) is 2.79. The molecule has 1 fully saturated rings. The molecule has 180 valence electrons. The van der Waals surface area contributed by atoms with Gasteiger partial charge in [0.05, 0.1) is 11.3 Å². The number of rotatable bonds is 8. The molecule has 3 N–H and O–H groups in total. The number of nitrogens with one attached hydrogen (secondary N) is 3. The molecule has 1 aromatic heterocycles. The van der Waals surface area contributed by atoms with Gasteiger partial charge in [-0.3, -0.25) is 4.79 Å². The predicted molar refractivity (Wildman–Crippen MR) is 128 cm³/mol. The van der Waals surface area contributed by atoms with E-state index in [-0.39, 0.29) is 29.9 Å². The largest absolute Gasteiger partial charge is 0.488 e. The van der Waals surface area contributed by atoms with Crippen molar-refractivity contribution in [2.24, 2.45) is 0 Å². The van der Waals surface area contributed by atoms with Crippen LogP contribution in [-0.2, 0) is 9.84 Å². The molecule has 0 atom stereocenters. The molecule has 34 heavy (non-hydrogen) atoms. The van der Waals surface area contributed by atoms with Gasteiger partial charge in [0, 0.05) is 30.1 Å². The summed E-state index contributed by atoms with van der Waals surface area (Å²) in [5.41, 5.74) is 0.832. The predicted octanol–water partition coefficient (Wildman–Crippen LogP) is 2.42. The van der Waals surface area contributed by atoms with Crippen molar-refractivity contribution in [2.75, 3.05) is 37.0 Å². The molecule has 0 aliphatic carbocycles. The Bertz CT molecular complexity index is 1300. The number of para-hydroxylation sites is 1. The molecule has 0 unspecified atom stereocenters. The zero-order valence-corrected chi connectivity index (χ0v) is 19.5. The molecule has 9 nitrogen and oxygen atoms in total. The maximum Gasteiger partial charge on any atom is 0.254 e. The van der Waals surface area contributed by atoms with Crippen LogP contribution in [-0.4, -0.2) is 62.0 Å². The maximum atomic E-state index is 14.6. The number of carbonyl (C=O) groups excluding carboxylic acids is 1. The van der Waals surface area contributed by atoms with Gasteiger partial charge in [0.2, 0.25) is 5.95 Å². The minimum Gasteiger partial charge on any atom is -0.488 e. The quantitative estimate of drug-likeness (QED) is 0.443. The summed E-state index contributed by atoms with van der Waals surface area (Å²) in [5, 5.41) is 9.50. The lowest BCUT2D eigenvalue weighted by atomic mass is 10.1. The molecule has 1 saturated heterocycles. The molecule has 11 heteroatoms. The van der Waals surface area contributed by atoms with Crippen molar-refractivity contribution in [3.63, 3.8) is 0 Å². The molecule has 0 bridgehead atoms. The normalized spacial score (nSPS) is 14.6.